The summed E-state index contributed by atoms with van der Waals surface area (Å²) in [6.45, 7) is 3.05. The van der Waals surface area contributed by atoms with Gasteiger partial charge in [-0.15, -0.1) is 0 Å². The number of Topliss-reactive ketones (excluding diaryl/α,β-unsaturated/α-hetero) is 1. The van der Waals surface area contributed by atoms with Gasteiger partial charge >= 0.3 is 5.69 Å². The standard InChI is InChI=1S/C14H12N2O4/c1-9-4-3-5-12(14(9)16(18)19)20-13-8-11(10(2)17)6-7-15-13/h3-8H,1-2H3. The van der Waals surface area contributed by atoms with Crippen LogP contribution < -0.4 is 4.74 Å². The Morgan fingerprint density at radius 3 is 2.75 bits per heavy atom. The molecule has 0 aliphatic rings. The number of pyridine rings is 1. The molecule has 102 valence electrons. The van der Waals surface area contributed by atoms with Crippen LogP contribution in [0.3, 0.4) is 0 Å². The number of ketones is 1. The molecule has 0 saturated heterocycles. The molecule has 1 aromatic carbocycles. The van der Waals surface area contributed by atoms with Crippen LogP contribution in [0.25, 0.3) is 0 Å². The average Bonchev–Trinajstić information content (AvgIpc) is 2.38. The van der Waals surface area contributed by atoms with Crippen molar-refractivity contribution in [2.75, 3.05) is 0 Å². The molecule has 0 unspecified atom stereocenters. The van der Waals surface area contributed by atoms with Crippen molar-refractivity contribution in [1.82, 2.24) is 4.98 Å². The Labute approximate surface area is 115 Å². The van der Waals surface area contributed by atoms with Crippen LogP contribution in [-0.2, 0) is 0 Å². The lowest BCUT2D eigenvalue weighted by Gasteiger charge is -2.07. The van der Waals surface area contributed by atoms with Gasteiger partial charge in [-0.1, -0.05) is 12.1 Å². The smallest absolute Gasteiger partial charge is 0.314 e. The monoisotopic (exact) mass is 272 g/mol. The number of rotatable bonds is 4. The molecule has 1 aromatic heterocycles. The molecule has 6 nitrogen and oxygen atoms in total. The maximum Gasteiger partial charge on any atom is 0.314 e. The summed E-state index contributed by atoms with van der Waals surface area (Å²) in [7, 11) is 0. The molecule has 0 aliphatic carbocycles. The van der Waals surface area contributed by atoms with Crippen molar-refractivity contribution >= 4 is 11.5 Å². The van der Waals surface area contributed by atoms with Gasteiger partial charge in [-0.3, -0.25) is 14.9 Å². The minimum absolute atomic E-state index is 0.100. The number of para-hydroxylation sites is 1. The molecule has 1 heterocycles. The number of nitro groups is 1. The number of hydrogen-bond donors (Lipinski definition) is 0. The van der Waals surface area contributed by atoms with E-state index in [1.165, 1.54) is 25.3 Å². The molecule has 6 heteroatoms. The molecule has 0 amide bonds. The molecular weight excluding hydrogens is 260 g/mol. The highest BCUT2D eigenvalue weighted by molar-refractivity contribution is 5.94. The van der Waals surface area contributed by atoms with E-state index < -0.39 is 4.92 Å². The molecule has 20 heavy (non-hydrogen) atoms. The highest BCUT2D eigenvalue weighted by Crippen LogP contribution is 2.33. The molecule has 0 fully saturated rings. The zero-order valence-corrected chi connectivity index (χ0v) is 11.0. The number of nitrogens with zero attached hydrogens (tertiary/aromatic N) is 2. The second-order valence-corrected chi connectivity index (χ2v) is 4.22. The van der Waals surface area contributed by atoms with E-state index >= 15 is 0 Å². The number of hydrogen-bond acceptors (Lipinski definition) is 5. The molecule has 0 atom stereocenters. The lowest BCUT2D eigenvalue weighted by molar-refractivity contribution is -0.386. The maximum absolute atomic E-state index is 11.3. The van der Waals surface area contributed by atoms with Crippen LogP contribution in [0.2, 0.25) is 0 Å². The van der Waals surface area contributed by atoms with Gasteiger partial charge in [0.05, 0.1) is 4.92 Å². The molecule has 2 aromatic rings. The fraction of sp³-hybridized carbons (Fsp3) is 0.143. The summed E-state index contributed by atoms with van der Waals surface area (Å²) in [6.07, 6.45) is 1.42. The van der Waals surface area contributed by atoms with Crippen molar-refractivity contribution in [2.24, 2.45) is 0 Å². The van der Waals surface area contributed by atoms with Crippen LogP contribution in [0, 0.1) is 17.0 Å². The fourth-order valence-corrected chi connectivity index (χ4v) is 1.75. The topological polar surface area (TPSA) is 82.3 Å². The van der Waals surface area contributed by atoms with Crippen LogP contribution in [-0.4, -0.2) is 15.7 Å². The number of aryl methyl sites for hydroxylation is 1. The summed E-state index contributed by atoms with van der Waals surface area (Å²) in [5.41, 5.74) is 0.822. The van der Waals surface area contributed by atoms with E-state index in [0.29, 0.717) is 11.1 Å². The first kappa shape index (κ1) is 13.7. The lowest BCUT2D eigenvalue weighted by Crippen LogP contribution is -1.98. The molecule has 0 saturated carbocycles. The molecule has 0 spiro atoms. The minimum atomic E-state index is -0.501. The molecule has 0 aliphatic heterocycles. The number of carbonyl (C=O) groups excluding carboxylic acids is 1. The van der Waals surface area contributed by atoms with Gasteiger partial charge < -0.3 is 4.74 Å². The first-order valence-electron chi connectivity index (χ1n) is 5.88. The van der Waals surface area contributed by atoms with E-state index in [4.69, 9.17) is 4.74 Å². The normalized spacial score (nSPS) is 10.1. The summed E-state index contributed by atoms with van der Waals surface area (Å²) >= 11 is 0. The van der Waals surface area contributed by atoms with Gasteiger partial charge in [0.25, 0.3) is 0 Å². The van der Waals surface area contributed by atoms with Crippen molar-refractivity contribution in [1.29, 1.82) is 0 Å². The van der Waals surface area contributed by atoms with Crippen LogP contribution in [0.4, 0.5) is 5.69 Å². The number of ether oxygens (including phenoxy) is 1. The third-order valence-corrected chi connectivity index (χ3v) is 2.74. The van der Waals surface area contributed by atoms with Gasteiger partial charge in [0.15, 0.2) is 5.78 Å². The van der Waals surface area contributed by atoms with Gasteiger partial charge in [0, 0.05) is 23.4 Å². The van der Waals surface area contributed by atoms with Crippen molar-refractivity contribution in [3.63, 3.8) is 0 Å². The Kier molecular flexibility index (Phi) is 3.74. The van der Waals surface area contributed by atoms with E-state index in [1.54, 1.807) is 25.1 Å². The second kappa shape index (κ2) is 5.48. The van der Waals surface area contributed by atoms with Crippen LogP contribution >= 0.6 is 0 Å². The Morgan fingerprint density at radius 1 is 1.35 bits per heavy atom. The summed E-state index contributed by atoms with van der Waals surface area (Å²) < 4.78 is 5.44. The number of nitro benzene ring substituents is 1. The highest BCUT2D eigenvalue weighted by Gasteiger charge is 2.19. The summed E-state index contributed by atoms with van der Waals surface area (Å²) in [6, 6.07) is 7.79. The predicted molar refractivity (Wildman–Crippen MR) is 72.1 cm³/mol. The quantitative estimate of drug-likeness (QED) is 0.484. The zero-order valence-electron chi connectivity index (χ0n) is 11.0. The molecule has 0 radical (unpaired) electrons. The molecular formula is C14H12N2O4. The summed E-state index contributed by atoms with van der Waals surface area (Å²) in [5.74, 6) is 0.116. The Morgan fingerprint density at radius 2 is 2.10 bits per heavy atom. The predicted octanol–water partition coefficient (Wildman–Crippen LogP) is 3.29. The van der Waals surface area contributed by atoms with Gasteiger partial charge in [-0.25, -0.2) is 4.98 Å². The second-order valence-electron chi connectivity index (χ2n) is 4.22. The van der Waals surface area contributed by atoms with E-state index in [2.05, 4.69) is 4.98 Å². The highest BCUT2D eigenvalue weighted by atomic mass is 16.6. The van der Waals surface area contributed by atoms with E-state index in [1.807, 2.05) is 0 Å². The number of aromatic nitrogens is 1. The van der Waals surface area contributed by atoms with Crippen molar-refractivity contribution in [3.05, 3.63) is 57.8 Å². The van der Waals surface area contributed by atoms with Gasteiger partial charge in [-0.2, -0.15) is 0 Å². The number of benzene rings is 1. The lowest BCUT2D eigenvalue weighted by atomic mass is 10.2. The SMILES string of the molecule is CC(=O)c1ccnc(Oc2cccc(C)c2[N+](=O)[O-])c1. The first-order chi connectivity index (χ1) is 9.49. The van der Waals surface area contributed by atoms with Crippen molar-refractivity contribution in [3.8, 4) is 11.6 Å². The van der Waals surface area contributed by atoms with Crippen molar-refractivity contribution in [2.45, 2.75) is 13.8 Å². The van der Waals surface area contributed by atoms with E-state index in [9.17, 15) is 14.9 Å². The van der Waals surface area contributed by atoms with Crippen LogP contribution in [0.1, 0.15) is 22.8 Å². The Hall–Kier alpha value is -2.76. The largest absolute Gasteiger partial charge is 0.432 e. The fourth-order valence-electron chi connectivity index (χ4n) is 1.75. The Balaban J connectivity index is 2.40. The molecule has 0 bridgehead atoms. The summed E-state index contributed by atoms with van der Waals surface area (Å²) in [5, 5.41) is 11.1. The summed E-state index contributed by atoms with van der Waals surface area (Å²) in [4.78, 5) is 25.8. The van der Waals surface area contributed by atoms with Gasteiger partial charge in [0.1, 0.15) is 0 Å². The van der Waals surface area contributed by atoms with Crippen LogP contribution in [0.5, 0.6) is 11.6 Å². The third kappa shape index (κ3) is 2.80. The zero-order chi connectivity index (χ0) is 14.7. The third-order valence-electron chi connectivity index (χ3n) is 2.74. The number of carbonyl (C=O) groups is 1. The minimum Gasteiger partial charge on any atom is -0.432 e. The molecule has 0 N–H and O–H groups in total. The van der Waals surface area contributed by atoms with Crippen LogP contribution in [0.15, 0.2) is 36.5 Å². The van der Waals surface area contributed by atoms with Gasteiger partial charge in [0.2, 0.25) is 11.6 Å². The van der Waals surface area contributed by atoms with E-state index in [-0.39, 0.29) is 23.1 Å². The Bertz CT molecular complexity index is 683. The van der Waals surface area contributed by atoms with Gasteiger partial charge in [-0.05, 0) is 26.0 Å². The van der Waals surface area contributed by atoms with Crippen molar-refractivity contribution < 1.29 is 14.5 Å². The average molecular weight is 272 g/mol. The molecule has 2 rings (SSSR count). The first-order valence-corrected chi connectivity index (χ1v) is 5.88. The van der Waals surface area contributed by atoms with E-state index in [0.717, 1.165) is 0 Å². The maximum atomic E-state index is 11.3.